The second kappa shape index (κ2) is 2.88. The fourth-order valence-electron chi connectivity index (χ4n) is 3.06. The maximum absolute atomic E-state index is 9.85. The molecule has 1 heteroatoms. The first kappa shape index (κ1) is 8.31. The molecule has 0 aromatic rings. The van der Waals surface area contributed by atoms with Crippen molar-refractivity contribution >= 4 is 0 Å². The molecule has 5 unspecified atom stereocenters. The lowest BCUT2D eigenvalue weighted by Gasteiger charge is -2.25. The molecule has 0 radical (unpaired) electrons. The van der Waals surface area contributed by atoms with Crippen LogP contribution in [0.3, 0.4) is 0 Å². The van der Waals surface area contributed by atoms with Crippen molar-refractivity contribution in [3.8, 4) is 0 Å². The lowest BCUT2D eigenvalue weighted by molar-refractivity contribution is 0.0935. The average Bonchev–Trinajstić information content (AvgIpc) is 2.30. The zero-order chi connectivity index (χ0) is 8.72. The first-order valence-electron chi connectivity index (χ1n) is 5.03. The van der Waals surface area contributed by atoms with Crippen LogP contribution in [-0.2, 0) is 0 Å². The van der Waals surface area contributed by atoms with Gasteiger partial charge in [0.25, 0.3) is 0 Å². The molecule has 0 aromatic heterocycles. The number of hydrogen-bond acceptors (Lipinski definition) is 1. The molecule has 0 spiro atoms. The van der Waals surface area contributed by atoms with Crippen molar-refractivity contribution in [1.29, 1.82) is 0 Å². The molecule has 12 heavy (non-hydrogen) atoms. The number of aliphatic hydroxyl groups is 1. The lowest BCUT2D eigenvalue weighted by Crippen LogP contribution is -2.19. The summed E-state index contributed by atoms with van der Waals surface area (Å²) in [5.74, 6) is 2.54. The van der Waals surface area contributed by atoms with E-state index in [0.717, 1.165) is 5.92 Å². The molecule has 2 aliphatic rings. The smallest absolute Gasteiger partial charge is 0.0596 e. The van der Waals surface area contributed by atoms with Crippen LogP contribution in [0.25, 0.3) is 0 Å². The second-order valence-electron chi connectivity index (χ2n) is 4.57. The second-order valence-corrected chi connectivity index (χ2v) is 4.57. The highest BCUT2D eigenvalue weighted by Gasteiger charge is 2.44. The zero-order valence-corrected chi connectivity index (χ0v) is 7.74. The molecule has 0 amide bonds. The van der Waals surface area contributed by atoms with Crippen LogP contribution < -0.4 is 0 Å². The Morgan fingerprint density at radius 2 is 1.92 bits per heavy atom. The van der Waals surface area contributed by atoms with Gasteiger partial charge in [0.1, 0.15) is 0 Å². The van der Waals surface area contributed by atoms with Gasteiger partial charge in [-0.05, 0) is 42.9 Å². The Morgan fingerprint density at radius 1 is 1.25 bits per heavy atom. The first-order chi connectivity index (χ1) is 5.72. The van der Waals surface area contributed by atoms with Crippen molar-refractivity contribution in [1.82, 2.24) is 0 Å². The third kappa shape index (κ3) is 1.11. The molecule has 2 bridgehead atoms. The summed E-state index contributed by atoms with van der Waals surface area (Å²) in [6, 6.07) is 0. The van der Waals surface area contributed by atoms with Gasteiger partial charge in [-0.25, -0.2) is 0 Å². The molecule has 2 aliphatic carbocycles. The van der Waals surface area contributed by atoms with E-state index < -0.39 is 0 Å². The van der Waals surface area contributed by atoms with Gasteiger partial charge in [0, 0.05) is 0 Å². The predicted octanol–water partition coefficient (Wildman–Crippen LogP) is 2.22. The van der Waals surface area contributed by atoms with Gasteiger partial charge in [0.15, 0.2) is 0 Å². The number of aliphatic hydroxyl groups excluding tert-OH is 1. The Kier molecular flexibility index (Phi) is 1.99. The molecule has 68 valence electrons. The van der Waals surface area contributed by atoms with Crippen LogP contribution in [0.15, 0.2) is 12.7 Å². The third-order valence-electron chi connectivity index (χ3n) is 3.92. The van der Waals surface area contributed by atoms with E-state index in [1.54, 1.807) is 0 Å². The van der Waals surface area contributed by atoms with E-state index in [9.17, 15) is 5.11 Å². The van der Waals surface area contributed by atoms with Crippen molar-refractivity contribution in [3.63, 3.8) is 0 Å². The van der Waals surface area contributed by atoms with Crippen LogP contribution in [0.4, 0.5) is 0 Å². The minimum atomic E-state index is -0.0278. The molecule has 2 fully saturated rings. The normalized spacial score (nSPS) is 52.3. The molecule has 2 saturated carbocycles. The molecular formula is C11H18O. The van der Waals surface area contributed by atoms with Crippen molar-refractivity contribution in [3.05, 3.63) is 12.7 Å². The minimum absolute atomic E-state index is 0.0278. The summed E-state index contributed by atoms with van der Waals surface area (Å²) in [7, 11) is 0. The Bertz CT molecular complexity index is 171. The molecule has 2 rings (SSSR count). The van der Waals surface area contributed by atoms with Crippen molar-refractivity contribution in [2.75, 3.05) is 0 Å². The molecule has 0 heterocycles. The highest BCUT2D eigenvalue weighted by Crippen LogP contribution is 2.48. The number of fused-ring (bicyclic) bond motifs is 2. The minimum Gasteiger partial charge on any atom is -0.393 e. The van der Waals surface area contributed by atoms with Crippen molar-refractivity contribution in [2.24, 2.45) is 23.7 Å². The quantitative estimate of drug-likeness (QED) is 0.592. The largest absolute Gasteiger partial charge is 0.393 e. The van der Waals surface area contributed by atoms with Gasteiger partial charge in [-0.15, -0.1) is 6.58 Å². The summed E-state index contributed by atoms with van der Waals surface area (Å²) in [5.41, 5.74) is 0. The third-order valence-corrected chi connectivity index (χ3v) is 3.92. The van der Waals surface area contributed by atoms with E-state index >= 15 is 0 Å². The maximum atomic E-state index is 9.85. The Labute approximate surface area is 74.5 Å². The van der Waals surface area contributed by atoms with Gasteiger partial charge < -0.3 is 5.11 Å². The van der Waals surface area contributed by atoms with Gasteiger partial charge in [-0.2, -0.15) is 0 Å². The van der Waals surface area contributed by atoms with E-state index in [1.165, 1.54) is 19.3 Å². The summed E-state index contributed by atoms with van der Waals surface area (Å²) in [6.45, 7) is 6.04. The highest BCUT2D eigenvalue weighted by atomic mass is 16.3. The standard InChI is InChI=1S/C11H18O/c1-3-8-4-9-6-10(5-8)11(12)7(9)2/h3,7-12H,1,4-6H2,2H3. The van der Waals surface area contributed by atoms with Gasteiger partial charge >= 0.3 is 0 Å². The van der Waals surface area contributed by atoms with Gasteiger partial charge in [0.2, 0.25) is 0 Å². The fraction of sp³-hybridized carbons (Fsp3) is 0.818. The first-order valence-corrected chi connectivity index (χ1v) is 5.03. The Morgan fingerprint density at radius 3 is 2.50 bits per heavy atom. The molecule has 5 atom stereocenters. The fourth-order valence-corrected chi connectivity index (χ4v) is 3.06. The number of allylic oxidation sites excluding steroid dienone is 1. The lowest BCUT2D eigenvalue weighted by atomic mass is 9.80. The zero-order valence-electron chi connectivity index (χ0n) is 7.74. The van der Waals surface area contributed by atoms with Crippen molar-refractivity contribution < 1.29 is 5.11 Å². The molecule has 0 saturated heterocycles. The maximum Gasteiger partial charge on any atom is 0.0596 e. The van der Waals surface area contributed by atoms with Gasteiger partial charge in [-0.1, -0.05) is 13.0 Å². The molecule has 0 aliphatic heterocycles. The van der Waals surface area contributed by atoms with E-state index in [2.05, 4.69) is 19.6 Å². The monoisotopic (exact) mass is 166 g/mol. The number of hydrogen-bond donors (Lipinski definition) is 1. The van der Waals surface area contributed by atoms with Crippen LogP contribution in [0.1, 0.15) is 26.2 Å². The molecule has 0 aromatic carbocycles. The molecule has 1 nitrogen and oxygen atoms in total. The molecule has 1 N–H and O–H groups in total. The highest BCUT2D eigenvalue weighted by molar-refractivity contribution is 4.98. The average molecular weight is 166 g/mol. The van der Waals surface area contributed by atoms with E-state index in [1.807, 2.05) is 0 Å². The van der Waals surface area contributed by atoms with Crippen LogP contribution in [-0.4, -0.2) is 11.2 Å². The summed E-state index contributed by atoms with van der Waals surface area (Å²) < 4.78 is 0. The summed E-state index contributed by atoms with van der Waals surface area (Å²) in [6.07, 6.45) is 5.74. The van der Waals surface area contributed by atoms with E-state index in [4.69, 9.17) is 0 Å². The van der Waals surface area contributed by atoms with Crippen LogP contribution in [0.2, 0.25) is 0 Å². The SMILES string of the molecule is C=CC1CC2CC(C1)C(O)C2C. The summed E-state index contributed by atoms with van der Waals surface area (Å²) in [4.78, 5) is 0. The van der Waals surface area contributed by atoms with Crippen LogP contribution >= 0.6 is 0 Å². The predicted molar refractivity (Wildman–Crippen MR) is 49.7 cm³/mol. The summed E-state index contributed by atoms with van der Waals surface area (Å²) >= 11 is 0. The topological polar surface area (TPSA) is 20.2 Å². The Hall–Kier alpha value is -0.300. The van der Waals surface area contributed by atoms with Gasteiger partial charge in [0.05, 0.1) is 6.10 Å². The summed E-state index contributed by atoms with van der Waals surface area (Å²) in [5, 5.41) is 9.85. The van der Waals surface area contributed by atoms with E-state index in [0.29, 0.717) is 17.8 Å². The van der Waals surface area contributed by atoms with Gasteiger partial charge in [-0.3, -0.25) is 0 Å². The number of rotatable bonds is 1. The van der Waals surface area contributed by atoms with Crippen LogP contribution in [0, 0.1) is 23.7 Å². The van der Waals surface area contributed by atoms with E-state index in [-0.39, 0.29) is 6.10 Å². The van der Waals surface area contributed by atoms with Crippen molar-refractivity contribution in [2.45, 2.75) is 32.3 Å². The molecular weight excluding hydrogens is 148 g/mol. The van der Waals surface area contributed by atoms with Crippen LogP contribution in [0.5, 0.6) is 0 Å². The Balaban J connectivity index is 2.12.